The highest BCUT2D eigenvalue weighted by Crippen LogP contribution is 2.36. The van der Waals surface area contributed by atoms with Gasteiger partial charge in [0, 0.05) is 18.8 Å². The van der Waals surface area contributed by atoms with Gasteiger partial charge in [0.15, 0.2) is 9.84 Å². The Bertz CT molecular complexity index is 3100. The molecule has 2 aliphatic heterocycles. The lowest BCUT2D eigenvalue weighted by Crippen LogP contribution is -2.36. The molecule has 0 saturated carbocycles. The number of carbonyl (C=O) groups is 4. The van der Waals surface area contributed by atoms with Crippen molar-refractivity contribution in [2.45, 2.75) is 79.4 Å². The number of carbonyl (C=O) groups excluding carboxylic acids is 4. The first kappa shape index (κ1) is 61.2. The van der Waals surface area contributed by atoms with E-state index in [1.54, 1.807) is 152 Å². The first-order valence-corrected chi connectivity index (χ1v) is 27.9. The maximum atomic E-state index is 13.1. The molecule has 0 aliphatic carbocycles. The van der Waals surface area contributed by atoms with Crippen molar-refractivity contribution in [3.05, 3.63) is 241 Å². The Kier molecular flexibility index (Phi) is 24.2. The first-order valence-electron chi connectivity index (χ1n) is 25.6. The molecule has 2 heterocycles. The third kappa shape index (κ3) is 18.3. The zero-order chi connectivity index (χ0) is 57.3. The lowest BCUT2D eigenvalue weighted by atomic mass is 9.94. The summed E-state index contributed by atoms with van der Waals surface area (Å²) >= 11 is -0.750. The van der Waals surface area contributed by atoms with E-state index in [1.807, 2.05) is 36.4 Å². The van der Waals surface area contributed by atoms with Crippen molar-refractivity contribution in [2.24, 2.45) is 5.92 Å². The predicted molar refractivity (Wildman–Crippen MR) is 298 cm³/mol. The Morgan fingerprint density at radius 3 is 1.35 bits per heavy atom. The molecule has 0 aromatic heterocycles. The van der Waals surface area contributed by atoms with Crippen LogP contribution in [-0.4, -0.2) is 119 Å². The lowest BCUT2D eigenvalue weighted by Gasteiger charge is -2.23. The van der Waals surface area contributed by atoms with E-state index in [1.165, 1.54) is 12.1 Å². The average Bonchev–Trinajstić information content (AvgIpc) is 3.95. The van der Waals surface area contributed by atoms with E-state index in [4.69, 9.17) is 36.8 Å². The van der Waals surface area contributed by atoms with Gasteiger partial charge < -0.3 is 38.6 Å². The van der Waals surface area contributed by atoms with Crippen molar-refractivity contribution in [1.82, 2.24) is 0 Å². The Hall–Kier alpha value is -7.97. The smallest absolute Gasteiger partial charge is 0.338 e. The molecule has 2 N–H and O–H groups in total. The SMILES string of the molecule is C=CC[C@@H]1O[C@H](C[C@@H](COC(=O)c2ccccc2)OC(=O)c2ccccc2)[C@H](O)/C1=C\c1ccccc1.C=CC[C@@H]1O[C@H](C[C@@H](COC(=O)c2ccccc2)OC(=O)c2ccccc2)[C@H](O)[C@H]1CS(=O)(=O)c1ccccc1.O=S=O. The summed E-state index contributed by atoms with van der Waals surface area (Å²) in [5.74, 6) is -3.36. The summed E-state index contributed by atoms with van der Waals surface area (Å²) in [6.07, 6.45) is -0.184. The van der Waals surface area contributed by atoms with Crippen molar-refractivity contribution in [3.63, 3.8) is 0 Å². The maximum Gasteiger partial charge on any atom is 0.338 e. The van der Waals surface area contributed by atoms with E-state index >= 15 is 0 Å². The van der Waals surface area contributed by atoms with Crippen molar-refractivity contribution < 1.29 is 74.6 Å². The molecule has 18 heteroatoms. The summed E-state index contributed by atoms with van der Waals surface area (Å²) < 4.78 is 77.4. The molecule has 80 heavy (non-hydrogen) atoms. The Morgan fingerprint density at radius 1 is 0.537 bits per heavy atom. The highest BCUT2D eigenvalue weighted by molar-refractivity contribution is 7.91. The number of rotatable bonds is 22. The predicted octanol–water partition coefficient (Wildman–Crippen LogP) is 8.83. The number of benzene rings is 6. The lowest BCUT2D eigenvalue weighted by molar-refractivity contribution is -0.0450. The highest BCUT2D eigenvalue weighted by Gasteiger charge is 2.46. The molecule has 0 spiro atoms. The van der Waals surface area contributed by atoms with Crippen molar-refractivity contribution >= 4 is 51.4 Å². The van der Waals surface area contributed by atoms with E-state index in [0.29, 0.717) is 35.1 Å². The Labute approximate surface area is 468 Å². The van der Waals surface area contributed by atoms with Crippen LogP contribution < -0.4 is 0 Å². The van der Waals surface area contributed by atoms with Crippen LogP contribution in [0.5, 0.6) is 0 Å². The fourth-order valence-corrected chi connectivity index (χ4v) is 10.6. The number of aliphatic hydroxyl groups excluding tert-OH is 2. The van der Waals surface area contributed by atoms with E-state index < -0.39 is 93.9 Å². The highest BCUT2D eigenvalue weighted by atomic mass is 32.2. The fourth-order valence-electron chi connectivity index (χ4n) is 8.95. The van der Waals surface area contributed by atoms with E-state index in [-0.39, 0.29) is 42.8 Å². The molecule has 0 radical (unpaired) electrons. The molecule has 0 bridgehead atoms. The molecule has 2 aliphatic rings. The Balaban J connectivity index is 0.000000247. The molecule has 6 aromatic rings. The molecular weight excluding hydrogens is 1060 g/mol. The van der Waals surface area contributed by atoms with Crippen LogP contribution in [0.3, 0.4) is 0 Å². The molecular formula is C62H62O16S2. The van der Waals surface area contributed by atoms with Crippen LogP contribution in [0.1, 0.15) is 72.7 Å². The molecule has 9 atom stereocenters. The molecule has 2 fully saturated rings. The van der Waals surface area contributed by atoms with Gasteiger partial charge in [-0.05, 0) is 84.6 Å². The standard InChI is InChI=1S/C31H32O8S.C31H30O6.O2S/c1-2-12-27-26(21-40(35,36)25-17-10-5-11-18-25)29(32)28(39-27)19-24(38-31(34)23-15-8-4-9-16-23)20-37-30(33)22-13-6-3-7-14-22;1-2-12-27-26(19-22-13-6-3-7-14-22)29(32)28(37-27)20-25(36-31(34)24-17-10-5-11-18-24)21-35-30(33)23-15-8-4-9-16-23;1-3-2/h2-11,13-18,24,26-29,32H,1,12,19-21H2;2-11,13-19,25,27-29,32H,1,12,20-21H2;/b;26-19-;/t24-,26-,27-,28+,29+;25-,27-,28+,29+;/m00./s1. The van der Waals surface area contributed by atoms with Crippen molar-refractivity contribution in [3.8, 4) is 0 Å². The second kappa shape index (κ2) is 31.6. The average molecular weight is 1130 g/mol. The van der Waals surface area contributed by atoms with E-state index in [2.05, 4.69) is 13.2 Å². The molecule has 6 aromatic carbocycles. The van der Waals surface area contributed by atoms with Crippen LogP contribution in [0.15, 0.2) is 218 Å². The van der Waals surface area contributed by atoms with Crippen molar-refractivity contribution in [1.29, 1.82) is 0 Å². The summed E-state index contributed by atoms with van der Waals surface area (Å²) in [6.45, 7) is 7.09. The number of hydrogen-bond acceptors (Lipinski definition) is 16. The number of ether oxygens (including phenoxy) is 6. The van der Waals surface area contributed by atoms with Gasteiger partial charge in [-0.25, -0.2) is 27.6 Å². The minimum atomic E-state index is -3.72. The van der Waals surface area contributed by atoms with Gasteiger partial charge in [0.25, 0.3) is 0 Å². The minimum absolute atomic E-state index is 0.0165. The van der Waals surface area contributed by atoms with Gasteiger partial charge in [-0.1, -0.05) is 140 Å². The van der Waals surface area contributed by atoms with Gasteiger partial charge in [0.2, 0.25) is 0 Å². The molecule has 0 unspecified atom stereocenters. The minimum Gasteiger partial charge on any atom is -0.458 e. The van der Waals surface area contributed by atoms with Crippen LogP contribution in [0.4, 0.5) is 0 Å². The van der Waals surface area contributed by atoms with Gasteiger partial charge >= 0.3 is 35.4 Å². The van der Waals surface area contributed by atoms with E-state index in [9.17, 15) is 37.8 Å². The monoisotopic (exact) mass is 1130 g/mol. The van der Waals surface area contributed by atoms with Gasteiger partial charge in [0.1, 0.15) is 31.5 Å². The van der Waals surface area contributed by atoms with Crippen LogP contribution in [-0.2, 0) is 49.8 Å². The normalized spacial score (nSPS) is 20.4. The van der Waals surface area contributed by atoms with Gasteiger partial charge in [-0.2, -0.15) is 8.42 Å². The van der Waals surface area contributed by atoms with Crippen LogP contribution in [0.25, 0.3) is 6.08 Å². The molecule has 418 valence electrons. The number of sulfone groups is 1. The second-order valence-corrected chi connectivity index (χ2v) is 20.6. The van der Waals surface area contributed by atoms with Crippen LogP contribution in [0, 0.1) is 5.92 Å². The summed E-state index contributed by atoms with van der Waals surface area (Å²) in [4.78, 5) is 50.9. The van der Waals surface area contributed by atoms with Crippen LogP contribution in [0.2, 0.25) is 0 Å². The summed E-state index contributed by atoms with van der Waals surface area (Å²) in [7, 11) is -3.72. The number of aliphatic hydroxyl groups is 2. The topological polar surface area (TPSA) is 232 Å². The molecule has 16 nitrogen and oxygen atoms in total. The Morgan fingerprint density at radius 2 is 0.925 bits per heavy atom. The van der Waals surface area contributed by atoms with Gasteiger partial charge in [-0.3, -0.25) is 0 Å². The quantitative estimate of drug-likeness (QED) is 0.0367. The number of hydrogen-bond donors (Lipinski definition) is 2. The van der Waals surface area contributed by atoms with Gasteiger partial charge in [0.05, 0.1) is 63.4 Å². The van der Waals surface area contributed by atoms with Crippen LogP contribution >= 0.6 is 0 Å². The fraction of sp³-hybridized carbons (Fsp3) is 0.258. The maximum absolute atomic E-state index is 13.1. The zero-order valence-electron chi connectivity index (χ0n) is 43.5. The molecule has 2 saturated heterocycles. The summed E-state index contributed by atoms with van der Waals surface area (Å²) in [5, 5.41) is 22.4. The largest absolute Gasteiger partial charge is 0.458 e. The van der Waals surface area contributed by atoms with Crippen molar-refractivity contribution in [2.75, 3.05) is 19.0 Å². The zero-order valence-corrected chi connectivity index (χ0v) is 45.2. The second-order valence-electron chi connectivity index (χ2n) is 18.4. The third-order valence-electron chi connectivity index (χ3n) is 12.9. The summed E-state index contributed by atoms with van der Waals surface area (Å²) in [5.41, 5.74) is 3.09. The third-order valence-corrected chi connectivity index (χ3v) is 14.7. The molecule has 8 rings (SSSR count). The van der Waals surface area contributed by atoms with Gasteiger partial charge in [-0.15, -0.1) is 13.2 Å². The van der Waals surface area contributed by atoms with E-state index in [0.717, 1.165) is 11.1 Å². The summed E-state index contributed by atoms with van der Waals surface area (Å²) in [6, 6.07) is 51.6. The first-order chi connectivity index (χ1) is 38.7. The number of esters is 4. The molecule has 0 amide bonds.